The maximum absolute atomic E-state index is 12.6. The molecule has 1 saturated carbocycles. The number of alkyl carbamates (subject to hydrolysis) is 1. The smallest absolute Gasteiger partial charge is 0.407 e. The van der Waals surface area contributed by atoms with Gasteiger partial charge in [0.25, 0.3) is 0 Å². The van der Waals surface area contributed by atoms with E-state index in [-0.39, 0.29) is 24.3 Å². The average molecular weight is 451 g/mol. The molecule has 2 aliphatic rings. The van der Waals surface area contributed by atoms with E-state index in [2.05, 4.69) is 34.9 Å². The highest BCUT2D eigenvalue weighted by molar-refractivity contribution is 5.86. The molecule has 1 fully saturated rings. The van der Waals surface area contributed by atoms with Crippen LogP contribution in [0.1, 0.15) is 49.7 Å². The summed E-state index contributed by atoms with van der Waals surface area (Å²) in [5.41, 5.74) is 4.60. The number of carbonyl (C=O) groups excluding carboxylic acids is 2. The molecular formula is C26H30N2O5. The van der Waals surface area contributed by atoms with Crippen LogP contribution in [0.15, 0.2) is 48.5 Å². The predicted octanol–water partition coefficient (Wildman–Crippen LogP) is 3.92. The molecule has 0 aromatic heterocycles. The first kappa shape index (κ1) is 22.8. The van der Waals surface area contributed by atoms with Crippen molar-refractivity contribution >= 4 is 18.0 Å². The Hall–Kier alpha value is -3.35. The Morgan fingerprint density at radius 2 is 1.64 bits per heavy atom. The van der Waals surface area contributed by atoms with Crippen LogP contribution in [0.25, 0.3) is 11.1 Å². The summed E-state index contributed by atoms with van der Waals surface area (Å²) in [6.07, 6.45) is 2.24. The molecule has 2 aromatic rings. The Bertz CT molecular complexity index is 987. The lowest BCUT2D eigenvalue weighted by Gasteiger charge is -2.19. The molecule has 2 amide bonds. The minimum absolute atomic E-state index is 0.0347. The molecule has 4 rings (SSSR count). The minimum Gasteiger partial charge on any atom is -0.481 e. The molecule has 0 aliphatic heterocycles. The number of carboxylic acid groups (broad SMARTS) is 1. The van der Waals surface area contributed by atoms with Crippen LogP contribution < -0.4 is 10.6 Å². The highest BCUT2D eigenvalue weighted by atomic mass is 16.5. The third kappa shape index (κ3) is 5.35. The molecule has 0 saturated heterocycles. The van der Waals surface area contributed by atoms with Gasteiger partial charge in [0.15, 0.2) is 0 Å². The van der Waals surface area contributed by atoms with Gasteiger partial charge in [-0.2, -0.15) is 0 Å². The van der Waals surface area contributed by atoms with Gasteiger partial charge in [-0.1, -0.05) is 55.5 Å². The van der Waals surface area contributed by atoms with Crippen LogP contribution in [0.4, 0.5) is 4.79 Å². The number of fused-ring (bicyclic) bond motifs is 3. The van der Waals surface area contributed by atoms with Crippen LogP contribution in [0.2, 0.25) is 0 Å². The van der Waals surface area contributed by atoms with Crippen LogP contribution >= 0.6 is 0 Å². The minimum atomic E-state index is -0.839. The van der Waals surface area contributed by atoms with Gasteiger partial charge >= 0.3 is 12.1 Å². The van der Waals surface area contributed by atoms with Gasteiger partial charge in [-0.3, -0.25) is 9.59 Å². The first-order chi connectivity index (χ1) is 16.0. The summed E-state index contributed by atoms with van der Waals surface area (Å²) in [5.74, 6) is -1.45. The Kier molecular flexibility index (Phi) is 6.96. The number of hydrogen-bond donors (Lipinski definition) is 3. The summed E-state index contributed by atoms with van der Waals surface area (Å²) >= 11 is 0. The lowest BCUT2D eigenvalue weighted by atomic mass is 9.98. The van der Waals surface area contributed by atoms with Crippen molar-refractivity contribution in [3.63, 3.8) is 0 Å². The van der Waals surface area contributed by atoms with E-state index in [0.717, 1.165) is 35.1 Å². The third-order valence-corrected chi connectivity index (χ3v) is 6.53. The Morgan fingerprint density at radius 1 is 1.03 bits per heavy atom. The number of rotatable bonds is 10. The topological polar surface area (TPSA) is 105 Å². The number of amides is 2. The van der Waals surface area contributed by atoms with Gasteiger partial charge in [-0.25, -0.2) is 4.79 Å². The molecule has 0 spiro atoms. The van der Waals surface area contributed by atoms with E-state index in [1.54, 1.807) is 6.92 Å². The molecule has 0 radical (unpaired) electrons. The SMILES string of the molecule is CC(CCCNC(=O)C(NC(=O)OCC1c2ccccc2-c2ccccc21)C1CC1)C(=O)O. The van der Waals surface area contributed by atoms with Crippen molar-refractivity contribution in [3.8, 4) is 11.1 Å². The van der Waals surface area contributed by atoms with Crippen LogP contribution in [0.3, 0.4) is 0 Å². The van der Waals surface area contributed by atoms with Crippen molar-refractivity contribution in [2.24, 2.45) is 11.8 Å². The number of carbonyl (C=O) groups is 3. The second-order valence-corrected chi connectivity index (χ2v) is 8.96. The van der Waals surface area contributed by atoms with Gasteiger partial charge in [-0.15, -0.1) is 0 Å². The van der Waals surface area contributed by atoms with Crippen LogP contribution in [-0.4, -0.2) is 42.3 Å². The quantitative estimate of drug-likeness (QED) is 0.476. The lowest BCUT2D eigenvalue weighted by molar-refractivity contribution is -0.141. The normalized spacial score (nSPS) is 16.3. The fourth-order valence-electron chi connectivity index (χ4n) is 4.45. The highest BCUT2D eigenvalue weighted by Crippen LogP contribution is 2.44. The Morgan fingerprint density at radius 3 is 2.21 bits per heavy atom. The van der Waals surface area contributed by atoms with Crippen LogP contribution in [0.5, 0.6) is 0 Å². The number of nitrogens with one attached hydrogen (secondary N) is 2. The zero-order valence-corrected chi connectivity index (χ0v) is 18.8. The Labute approximate surface area is 193 Å². The molecule has 33 heavy (non-hydrogen) atoms. The molecule has 7 heteroatoms. The van der Waals surface area contributed by atoms with Crippen molar-refractivity contribution in [2.75, 3.05) is 13.2 Å². The fourth-order valence-corrected chi connectivity index (χ4v) is 4.45. The zero-order chi connectivity index (χ0) is 23.4. The van der Waals surface area contributed by atoms with E-state index in [4.69, 9.17) is 9.84 Å². The van der Waals surface area contributed by atoms with E-state index in [1.807, 2.05) is 24.3 Å². The molecule has 2 unspecified atom stereocenters. The second-order valence-electron chi connectivity index (χ2n) is 8.96. The largest absolute Gasteiger partial charge is 0.481 e. The molecule has 2 atom stereocenters. The number of ether oxygens (including phenoxy) is 1. The maximum Gasteiger partial charge on any atom is 0.407 e. The summed E-state index contributed by atoms with van der Waals surface area (Å²) in [4.78, 5) is 36.1. The fraction of sp³-hybridized carbons (Fsp3) is 0.423. The van der Waals surface area contributed by atoms with Crippen molar-refractivity contribution in [3.05, 3.63) is 59.7 Å². The highest BCUT2D eigenvalue weighted by Gasteiger charge is 2.38. The van der Waals surface area contributed by atoms with Gasteiger partial charge in [0.2, 0.25) is 5.91 Å². The van der Waals surface area contributed by atoms with Crippen molar-refractivity contribution in [2.45, 2.75) is 44.6 Å². The first-order valence-electron chi connectivity index (χ1n) is 11.6. The molecular weight excluding hydrogens is 420 g/mol. The summed E-state index contributed by atoms with van der Waals surface area (Å²) in [5, 5.41) is 14.5. The molecule has 3 N–H and O–H groups in total. The van der Waals surface area contributed by atoms with Gasteiger partial charge in [-0.05, 0) is 53.9 Å². The molecule has 2 aromatic carbocycles. The average Bonchev–Trinajstić information content (AvgIpc) is 3.61. The van der Waals surface area contributed by atoms with E-state index < -0.39 is 24.0 Å². The van der Waals surface area contributed by atoms with Gasteiger partial charge in [0.05, 0.1) is 5.92 Å². The van der Waals surface area contributed by atoms with Gasteiger partial charge in [0.1, 0.15) is 12.6 Å². The molecule has 174 valence electrons. The standard InChI is InChI=1S/C26H30N2O5/c1-16(25(30)31)7-6-14-27-24(29)23(17-12-13-17)28-26(32)33-15-22-20-10-4-2-8-18(20)19-9-3-5-11-21(19)22/h2-5,8-11,16-17,22-23H,6-7,12-15H2,1H3,(H,27,29)(H,28,32)(H,30,31). The number of hydrogen-bond acceptors (Lipinski definition) is 4. The number of aliphatic carboxylic acids is 1. The summed E-state index contributed by atoms with van der Waals surface area (Å²) in [6, 6.07) is 15.7. The van der Waals surface area contributed by atoms with E-state index in [1.165, 1.54) is 0 Å². The van der Waals surface area contributed by atoms with Gasteiger partial charge < -0.3 is 20.5 Å². The molecule has 2 aliphatic carbocycles. The van der Waals surface area contributed by atoms with E-state index in [9.17, 15) is 14.4 Å². The van der Waals surface area contributed by atoms with Gasteiger partial charge in [0, 0.05) is 12.5 Å². The zero-order valence-electron chi connectivity index (χ0n) is 18.8. The predicted molar refractivity (Wildman–Crippen MR) is 124 cm³/mol. The summed E-state index contributed by atoms with van der Waals surface area (Å²) < 4.78 is 5.59. The Balaban J connectivity index is 1.30. The first-order valence-corrected chi connectivity index (χ1v) is 11.6. The van der Waals surface area contributed by atoms with E-state index in [0.29, 0.717) is 19.4 Å². The van der Waals surface area contributed by atoms with Crippen molar-refractivity contribution in [1.82, 2.24) is 10.6 Å². The molecule has 0 heterocycles. The van der Waals surface area contributed by atoms with Crippen LogP contribution in [0, 0.1) is 11.8 Å². The molecule has 0 bridgehead atoms. The van der Waals surface area contributed by atoms with Crippen molar-refractivity contribution < 1.29 is 24.2 Å². The summed E-state index contributed by atoms with van der Waals surface area (Å²) in [6.45, 7) is 2.23. The van der Waals surface area contributed by atoms with E-state index >= 15 is 0 Å². The number of carboxylic acids is 1. The number of benzene rings is 2. The second kappa shape index (κ2) is 10.1. The lowest BCUT2D eigenvalue weighted by Crippen LogP contribution is -2.48. The van der Waals surface area contributed by atoms with Crippen molar-refractivity contribution in [1.29, 1.82) is 0 Å². The maximum atomic E-state index is 12.6. The monoisotopic (exact) mass is 450 g/mol. The van der Waals surface area contributed by atoms with Crippen LogP contribution in [-0.2, 0) is 14.3 Å². The third-order valence-electron chi connectivity index (χ3n) is 6.53. The molecule has 7 nitrogen and oxygen atoms in total. The summed E-state index contributed by atoms with van der Waals surface area (Å²) in [7, 11) is 0.